The summed E-state index contributed by atoms with van der Waals surface area (Å²) < 4.78 is 17.1. The highest BCUT2D eigenvalue weighted by atomic mass is 16.7. The number of aryl methyl sites for hydroxylation is 2. The largest absolute Gasteiger partial charge is 0.491 e. The molecule has 0 amide bonds. The van der Waals surface area contributed by atoms with Crippen LogP contribution in [0.4, 0.5) is 5.69 Å². The lowest BCUT2D eigenvalue weighted by Crippen LogP contribution is -2.52. The van der Waals surface area contributed by atoms with E-state index in [9.17, 15) is 5.11 Å². The van der Waals surface area contributed by atoms with E-state index < -0.39 is 6.10 Å². The van der Waals surface area contributed by atoms with Crippen molar-refractivity contribution in [1.29, 1.82) is 0 Å². The fraction of sp³-hybridized carbons (Fsp3) is 0.393. The minimum atomic E-state index is -0.604. The molecule has 11 nitrogen and oxygen atoms in total. The Morgan fingerprint density at radius 2 is 1.85 bits per heavy atom. The molecule has 2 aliphatic rings. The van der Waals surface area contributed by atoms with Gasteiger partial charge in [-0.05, 0) is 38.1 Å². The first-order chi connectivity index (χ1) is 19.0. The third-order valence-electron chi connectivity index (χ3n) is 7.06. The molecule has 0 radical (unpaired) electrons. The van der Waals surface area contributed by atoms with Crippen LogP contribution >= 0.6 is 0 Å². The molecule has 1 fully saturated rings. The molecule has 0 bridgehead atoms. The van der Waals surface area contributed by atoms with Crippen molar-refractivity contribution in [3.8, 4) is 17.2 Å². The summed E-state index contributed by atoms with van der Waals surface area (Å²) in [5.41, 5.74) is 3.96. The van der Waals surface area contributed by atoms with E-state index in [0.717, 1.165) is 55.2 Å². The third kappa shape index (κ3) is 5.60. The number of benzene rings is 2. The van der Waals surface area contributed by atoms with E-state index in [1.165, 1.54) is 6.40 Å². The average Bonchev–Trinajstić information content (AvgIpc) is 3.67. The van der Waals surface area contributed by atoms with Crippen LogP contribution in [0.5, 0.6) is 5.75 Å². The molecule has 39 heavy (non-hydrogen) atoms. The summed E-state index contributed by atoms with van der Waals surface area (Å²) in [5.74, 6) is 1.94. The van der Waals surface area contributed by atoms with E-state index in [1.54, 1.807) is 5.06 Å². The van der Waals surface area contributed by atoms with Gasteiger partial charge in [0.15, 0.2) is 17.5 Å². The van der Waals surface area contributed by atoms with Crippen LogP contribution in [0, 0.1) is 13.8 Å². The fourth-order valence-electron chi connectivity index (χ4n) is 5.02. The summed E-state index contributed by atoms with van der Waals surface area (Å²) in [6.07, 6.45) is 0.719. The smallest absolute Gasteiger partial charge is 0.227 e. The Kier molecular flexibility index (Phi) is 7.18. The van der Waals surface area contributed by atoms with Crippen LogP contribution in [0.15, 0.2) is 62.5 Å². The molecule has 204 valence electrons. The zero-order valence-electron chi connectivity index (χ0n) is 22.1. The van der Waals surface area contributed by atoms with Crippen LogP contribution in [0.2, 0.25) is 0 Å². The second-order valence-corrected chi connectivity index (χ2v) is 9.92. The lowest BCUT2D eigenvalue weighted by molar-refractivity contribution is 0.0441. The number of hydrogen-bond acceptors (Lipinski definition) is 11. The number of nitrogens with zero attached hydrogens (tertiary/aromatic N) is 6. The minimum absolute atomic E-state index is 0.154. The molecular formula is C28H32N6O5. The number of fused-ring (bicyclic) bond motifs is 1. The molecule has 1 unspecified atom stereocenters. The Morgan fingerprint density at radius 1 is 1.05 bits per heavy atom. The molecule has 4 aromatic rings. The summed E-state index contributed by atoms with van der Waals surface area (Å²) in [6.45, 7) is 8.71. The number of hydrogen-bond donors (Lipinski definition) is 1. The predicted molar refractivity (Wildman–Crippen MR) is 146 cm³/mol. The molecule has 11 heteroatoms. The second-order valence-electron chi connectivity index (χ2n) is 9.92. The van der Waals surface area contributed by atoms with E-state index in [-0.39, 0.29) is 12.8 Å². The second kappa shape index (κ2) is 11.0. The van der Waals surface area contributed by atoms with Crippen molar-refractivity contribution in [2.24, 2.45) is 4.99 Å². The number of aliphatic hydroxyl groups is 1. The number of rotatable bonds is 9. The zero-order chi connectivity index (χ0) is 26.8. The lowest BCUT2D eigenvalue weighted by atomic mass is 10.2. The zero-order valence-corrected chi connectivity index (χ0v) is 22.1. The highest BCUT2D eigenvalue weighted by Gasteiger charge is 2.32. The van der Waals surface area contributed by atoms with Crippen molar-refractivity contribution in [1.82, 2.24) is 19.9 Å². The van der Waals surface area contributed by atoms with Gasteiger partial charge < -0.3 is 23.6 Å². The summed E-state index contributed by atoms with van der Waals surface area (Å²) in [4.78, 5) is 19.3. The monoisotopic (exact) mass is 532 g/mol. The van der Waals surface area contributed by atoms with Gasteiger partial charge in [0.2, 0.25) is 12.3 Å². The third-order valence-corrected chi connectivity index (χ3v) is 7.06. The number of aromatic nitrogens is 2. The molecule has 1 saturated heterocycles. The van der Waals surface area contributed by atoms with Crippen LogP contribution < -0.4 is 9.80 Å². The number of aliphatic hydroxyl groups excluding tert-OH is 1. The van der Waals surface area contributed by atoms with Gasteiger partial charge in [-0.1, -0.05) is 23.4 Å². The van der Waals surface area contributed by atoms with E-state index in [4.69, 9.17) is 18.5 Å². The summed E-state index contributed by atoms with van der Waals surface area (Å²) in [7, 11) is 0. The standard InChI is InChI=1S/C28H32N6O5/c1-19-27(20(2)39-31-19)34-26(29-18-37-34)16-33-12-10-32(11-13-33)15-22(35)17-36-23-8-9-25-24(14-23)30-28(38-25)21-6-4-3-5-7-21/h3-9,14,18,22,26,35H,10-13,15-17H2,1-2H3/t22-,26?/m0/s1. The number of ether oxygens (including phenoxy) is 1. The van der Waals surface area contributed by atoms with E-state index >= 15 is 0 Å². The van der Waals surface area contributed by atoms with Crippen molar-refractivity contribution in [3.05, 3.63) is 60.0 Å². The Labute approximate surface area is 226 Å². The maximum atomic E-state index is 10.6. The first kappa shape index (κ1) is 25.4. The van der Waals surface area contributed by atoms with Crippen molar-refractivity contribution in [2.75, 3.05) is 50.9 Å². The normalized spacial score (nSPS) is 19.1. The number of β-amino-alcohol motifs (C(OH)–C–C–N with tert-alkyl or cyclic N) is 1. The SMILES string of the molecule is Cc1noc(C)c1N1OC=NC1CN1CCN(C[C@H](O)COc2ccc3oc(-c4ccccc4)nc3c2)CC1. The minimum Gasteiger partial charge on any atom is -0.491 e. The van der Waals surface area contributed by atoms with Gasteiger partial charge in [-0.25, -0.2) is 9.98 Å². The van der Waals surface area contributed by atoms with Gasteiger partial charge in [-0.15, -0.1) is 0 Å². The molecule has 0 spiro atoms. The topological polar surface area (TPSA) is 113 Å². The quantitative estimate of drug-likeness (QED) is 0.345. The van der Waals surface area contributed by atoms with Crippen molar-refractivity contribution in [3.63, 3.8) is 0 Å². The van der Waals surface area contributed by atoms with Gasteiger partial charge >= 0.3 is 0 Å². The predicted octanol–water partition coefficient (Wildman–Crippen LogP) is 3.26. The number of anilines is 1. The first-order valence-electron chi connectivity index (χ1n) is 13.2. The summed E-state index contributed by atoms with van der Waals surface area (Å²) in [6, 6.07) is 15.3. The molecule has 4 heterocycles. The van der Waals surface area contributed by atoms with Crippen LogP contribution in [-0.2, 0) is 4.84 Å². The maximum absolute atomic E-state index is 10.6. The van der Waals surface area contributed by atoms with Gasteiger partial charge in [-0.2, -0.15) is 5.06 Å². The highest BCUT2D eigenvalue weighted by Crippen LogP contribution is 2.29. The highest BCUT2D eigenvalue weighted by molar-refractivity contribution is 5.77. The Bertz CT molecular complexity index is 1410. The number of piperazine rings is 1. The van der Waals surface area contributed by atoms with Crippen LogP contribution in [-0.4, -0.2) is 89.6 Å². The molecule has 1 N–H and O–H groups in total. The summed E-state index contributed by atoms with van der Waals surface area (Å²) in [5, 5.41) is 16.4. The molecular weight excluding hydrogens is 500 g/mol. The van der Waals surface area contributed by atoms with Gasteiger partial charge in [-0.3, -0.25) is 9.80 Å². The number of hydroxylamine groups is 1. The van der Waals surface area contributed by atoms with Crippen molar-refractivity contribution in [2.45, 2.75) is 26.1 Å². The van der Waals surface area contributed by atoms with Gasteiger partial charge in [0.05, 0.1) is 0 Å². The van der Waals surface area contributed by atoms with Crippen LogP contribution in [0.1, 0.15) is 11.5 Å². The molecule has 2 aromatic heterocycles. The first-order valence-corrected chi connectivity index (χ1v) is 13.2. The van der Waals surface area contributed by atoms with E-state index in [2.05, 4.69) is 24.9 Å². The average molecular weight is 533 g/mol. The molecule has 2 aliphatic heterocycles. The molecule has 2 aromatic carbocycles. The Hall–Kier alpha value is -3.93. The fourth-order valence-corrected chi connectivity index (χ4v) is 5.02. The Morgan fingerprint density at radius 3 is 2.62 bits per heavy atom. The van der Waals surface area contributed by atoms with Crippen molar-refractivity contribution < 1.29 is 23.6 Å². The molecule has 0 saturated carbocycles. The molecule has 6 rings (SSSR count). The van der Waals surface area contributed by atoms with Crippen molar-refractivity contribution >= 4 is 23.2 Å². The maximum Gasteiger partial charge on any atom is 0.227 e. The Balaban J connectivity index is 0.965. The lowest BCUT2D eigenvalue weighted by Gasteiger charge is -2.37. The van der Waals surface area contributed by atoms with Gasteiger partial charge in [0.25, 0.3) is 0 Å². The van der Waals surface area contributed by atoms with Gasteiger partial charge in [0.1, 0.15) is 35.4 Å². The molecule has 0 aliphatic carbocycles. The van der Waals surface area contributed by atoms with E-state index in [1.807, 2.05) is 62.4 Å². The van der Waals surface area contributed by atoms with E-state index in [0.29, 0.717) is 29.5 Å². The van der Waals surface area contributed by atoms with Crippen LogP contribution in [0.25, 0.3) is 22.6 Å². The number of oxazole rings is 1. The number of aliphatic imine (C=N–C) groups is 1. The van der Waals surface area contributed by atoms with Crippen LogP contribution in [0.3, 0.4) is 0 Å². The van der Waals surface area contributed by atoms with Gasteiger partial charge in [0, 0.05) is 50.9 Å². The summed E-state index contributed by atoms with van der Waals surface area (Å²) >= 11 is 0. The molecule has 2 atom stereocenters.